The lowest BCUT2D eigenvalue weighted by molar-refractivity contribution is -0.115. The molecule has 1 aromatic carbocycles. The number of carboxylic acids is 1. The second kappa shape index (κ2) is 8.52. The minimum Gasteiger partial charge on any atom is -0.478 e. The van der Waals surface area contributed by atoms with Crippen molar-refractivity contribution in [1.29, 1.82) is 0 Å². The van der Waals surface area contributed by atoms with E-state index in [0.717, 1.165) is 5.69 Å². The van der Waals surface area contributed by atoms with Gasteiger partial charge in [0.05, 0.1) is 29.5 Å². The number of nitrogens with one attached hydrogen (secondary N) is 2. The molecular formula is C20H20N6O4. The number of aromatic carboxylic acids is 1. The van der Waals surface area contributed by atoms with E-state index in [-0.39, 0.29) is 29.0 Å². The Morgan fingerprint density at radius 1 is 1.03 bits per heavy atom. The lowest BCUT2D eigenvalue weighted by atomic mass is 10.2. The summed E-state index contributed by atoms with van der Waals surface area (Å²) in [6, 6.07) is 8.06. The molecule has 3 aromatic rings. The summed E-state index contributed by atoms with van der Waals surface area (Å²) >= 11 is 0. The fourth-order valence-electron chi connectivity index (χ4n) is 2.82. The largest absolute Gasteiger partial charge is 0.478 e. The second-order valence-electron chi connectivity index (χ2n) is 6.66. The van der Waals surface area contributed by atoms with Crippen LogP contribution in [0, 0.1) is 0 Å². The van der Waals surface area contributed by atoms with Gasteiger partial charge in [-0.05, 0) is 24.3 Å². The smallest absolute Gasteiger partial charge is 0.335 e. The van der Waals surface area contributed by atoms with E-state index in [1.54, 1.807) is 24.4 Å². The van der Waals surface area contributed by atoms with Gasteiger partial charge >= 0.3 is 5.97 Å². The molecule has 0 saturated heterocycles. The van der Waals surface area contributed by atoms with Crippen molar-refractivity contribution in [1.82, 2.24) is 15.0 Å². The molecule has 10 heteroatoms. The Kier molecular flexibility index (Phi) is 5.86. The van der Waals surface area contributed by atoms with Gasteiger partial charge in [0, 0.05) is 32.6 Å². The Hall–Kier alpha value is -4.08. The molecule has 0 unspecified atom stereocenters. The van der Waals surface area contributed by atoms with Crippen molar-refractivity contribution in [2.24, 2.45) is 0 Å². The van der Waals surface area contributed by atoms with Crippen LogP contribution in [0.4, 0.5) is 17.3 Å². The van der Waals surface area contributed by atoms with E-state index in [4.69, 9.17) is 5.11 Å². The first kappa shape index (κ1) is 20.6. The number of carboxylic acid groups (broad SMARTS) is 1. The molecule has 0 saturated carbocycles. The van der Waals surface area contributed by atoms with E-state index in [1.807, 2.05) is 11.9 Å². The second-order valence-corrected chi connectivity index (χ2v) is 6.66. The average molecular weight is 408 g/mol. The number of hydrogen-bond acceptors (Lipinski definition) is 7. The highest BCUT2D eigenvalue weighted by Crippen LogP contribution is 2.23. The van der Waals surface area contributed by atoms with E-state index in [0.29, 0.717) is 23.3 Å². The number of carbonyl (C=O) groups is 3. The number of pyridine rings is 1. The molecule has 0 aliphatic rings. The van der Waals surface area contributed by atoms with Crippen molar-refractivity contribution in [2.45, 2.75) is 20.4 Å². The molecule has 2 aromatic heterocycles. The average Bonchev–Trinajstić information content (AvgIpc) is 2.67. The van der Waals surface area contributed by atoms with Gasteiger partial charge in [0.1, 0.15) is 11.3 Å². The molecule has 0 spiro atoms. The molecule has 0 bridgehead atoms. The fraction of sp³-hybridized carbons (Fsp3) is 0.200. The summed E-state index contributed by atoms with van der Waals surface area (Å²) in [5.74, 6) is -1.15. The maximum absolute atomic E-state index is 11.6. The maximum Gasteiger partial charge on any atom is 0.335 e. The molecular weight excluding hydrogens is 388 g/mol. The summed E-state index contributed by atoms with van der Waals surface area (Å²) < 4.78 is 0. The number of hydrogen-bond donors (Lipinski definition) is 3. The molecule has 0 aliphatic carbocycles. The lowest BCUT2D eigenvalue weighted by Gasteiger charge is -2.19. The first-order valence-electron chi connectivity index (χ1n) is 8.99. The van der Waals surface area contributed by atoms with E-state index >= 15 is 0 Å². The summed E-state index contributed by atoms with van der Waals surface area (Å²) in [4.78, 5) is 49.0. The zero-order chi connectivity index (χ0) is 21.8. The van der Waals surface area contributed by atoms with Crippen LogP contribution in [-0.2, 0) is 16.1 Å². The monoisotopic (exact) mass is 408 g/mol. The third-order valence-corrected chi connectivity index (χ3v) is 4.13. The molecule has 154 valence electrons. The van der Waals surface area contributed by atoms with Gasteiger partial charge in [0.2, 0.25) is 11.8 Å². The number of benzene rings is 1. The first-order valence-corrected chi connectivity index (χ1v) is 8.99. The van der Waals surface area contributed by atoms with Crippen molar-refractivity contribution < 1.29 is 19.5 Å². The van der Waals surface area contributed by atoms with Crippen molar-refractivity contribution in [3.63, 3.8) is 0 Å². The summed E-state index contributed by atoms with van der Waals surface area (Å²) in [7, 11) is 1.84. The highest BCUT2D eigenvalue weighted by atomic mass is 16.4. The molecule has 2 amide bonds. The van der Waals surface area contributed by atoms with Gasteiger partial charge in [-0.3, -0.25) is 14.6 Å². The van der Waals surface area contributed by atoms with Crippen molar-refractivity contribution in [2.75, 3.05) is 22.6 Å². The number of carbonyl (C=O) groups excluding carboxylic acids is 2. The number of anilines is 3. The number of amides is 2. The predicted octanol–water partition coefficient (Wildman–Crippen LogP) is 2.28. The molecule has 3 rings (SSSR count). The van der Waals surface area contributed by atoms with Gasteiger partial charge in [0.15, 0.2) is 5.82 Å². The molecule has 2 heterocycles. The SMILES string of the molecule is CC(=O)Nc1cc2ncc(CN(C)c3ccc(C(=O)O)cc3)nc2c(NC(C)=O)n1. The van der Waals surface area contributed by atoms with Crippen LogP contribution in [0.15, 0.2) is 36.5 Å². The Morgan fingerprint density at radius 3 is 2.30 bits per heavy atom. The van der Waals surface area contributed by atoms with Gasteiger partial charge < -0.3 is 20.6 Å². The fourth-order valence-corrected chi connectivity index (χ4v) is 2.82. The lowest BCUT2D eigenvalue weighted by Crippen LogP contribution is -2.18. The Balaban J connectivity index is 1.91. The van der Waals surface area contributed by atoms with E-state index < -0.39 is 5.97 Å². The Labute approximate surface area is 172 Å². The topological polar surface area (TPSA) is 137 Å². The highest BCUT2D eigenvalue weighted by Gasteiger charge is 2.13. The molecule has 10 nitrogen and oxygen atoms in total. The standard InChI is InChI=1S/C20H20N6O4/c1-11(27)22-17-8-16-18(19(25-17)23-12(2)28)24-14(9-21-16)10-26(3)15-6-4-13(5-7-15)20(29)30/h4-9H,10H2,1-3H3,(H,29,30)(H2,22,23,25,27,28). The highest BCUT2D eigenvalue weighted by molar-refractivity contribution is 5.99. The summed E-state index contributed by atoms with van der Waals surface area (Å²) in [5.41, 5.74) is 2.50. The zero-order valence-corrected chi connectivity index (χ0v) is 16.6. The zero-order valence-electron chi connectivity index (χ0n) is 16.6. The normalized spacial score (nSPS) is 10.5. The summed E-state index contributed by atoms with van der Waals surface area (Å²) in [5, 5.41) is 14.2. The van der Waals surface area contributed by atoms with Gasteiger partial charge in [-0.25, -0.2) is 14.8 Å². The molecule has 0 aliphatic heterocycles. The maximum atomic E-state index is 11.6. The molecule has 3 N–H and O–H groups in total. The van der Waals surface area contributed by atoms with Crippen LogP contribution in [0.3, 0.4) is 0 Å². The molecule has 30 heavy (non-hydrogen) atoms. The first-order chi connectivity index (χ1) is 14.2. The molecule has 0 radical (unpaired) electrons. The Bertz CT molecular complexity index is 1130. The van der Waals surface area contributed by atoms with E-state index in [9.17, 15) is 14.4 Å². The van der Waals surface area contributed by atoms with Crippen LogP contribution in [0.5, 0.6) is 0 Å². The van der Waals surface area contributed by atoms with Crippen molar-refractivity contribution >= 4 is 46.1 Å². The quantitative estimate of drug-likeness (QED) is 0.565. The third-order valence-electron chi connectivity index (χ3n) is 4.13. The van der Waals surface area contributed by atoms with Gasteiger partial charge in [0.25, 0.3) is 0 Å². The van der Waals surface area contributed by atoms with Gasteiger partial charge in [-0.1, -0.05) is 0 Å². The van der Waals surface area contributed by atoms with Crippen LogP contribution >= 0.6 is 0 Å². The molecule has 0 fully saturated rings. The molecule has 0 atom stereocenters. The summed E-state index contributed by atoms with van der Waals surface area (Å²) in [6.45, 7) is 3.10. The van der Waals surface area contributed by atoms with Crippen molar-refractivity contribution in [3.8, 4) is 0 Å². The van der Waals surface area contributed by atoms with Crippen LogP contribution in [0.2, 0.25) is 0 Å². The number of aromatic nitrogens is 3. The predicted molar refractivity (Wildman–Crippen MR) is 111 cm³/mol. The number of rotatable bonds is 6. The number of nitrogens with zero attached hydrogens (tertiary/aromatic N) is 4. The van der Waals surface area contributed by atoms with Crippen LogP contribution in [-0.4, -0.2) is 44.9 Å². The van der Waals surface area contributed by atoms with Gasteiger partial charge in [-0.15, -0.1) is 0 Å². The van der Waals surface area contributed by atoms with Crippen LogP contribution < -0.4 is 15.5 Å². The van der Waals surface area contributed by atoms with Crippen LogP contribution in [0.1, 0.15) is 29.9 Å². The van der Waals surface area contributed by atoms with Crippen molar-refractivity contribution in [3.05, 3.63) is 47.8 Å². The van der Waals surface area contributed by atoms with E-state index in [1.165, 1.54) is 26.0 Å². The van der Waals surface area contributed by atoms with E-state index in [2.05, 4.69) is 25.6 Å². The minimum atomic E-state index is -0.985. The summed E-state index contributed by atoms with van der Waals surface area (Å²) in [6.07, 6.45) is 1.60. The number of fused-ring (bicyclic) bond motifs is 1. The third kappa shape index (κ3) is 4.85. The Morgan fingerprint density at radius 2 is 1.70 bits per heavy atom. The van der Waals surface area contributed by atoms with Crippen LogP contribution in [0.25, 0.3) is 11.0 Å². The minimum absolute atomic E-state index is 0.201. The van der Waals surface area contributed by atoms with Gasteiger partial charge in [-0.2, -0.15) is 0 Å².